The van der Waals surface area contributed by atoms with Crippen LogP contribution < -0.4 is 10.6 Å². The smallest absolute Gasteiger partial charge is 0.322 e. The molecular formula is C27H29ClN6O5S. The van der Waals surface area contributed by atoms with Crippen LogP contribution in [0.1, 0.15) is 53.2 Å². The van der Waals surface area contributed by atoms with Crippen molar-refractivity contribution in [3.05, 3.63) is 57.7 Å². The van der Waals surface area contributed by atoms with E-state index in [9.17, 15) is 14.4 Å². The Morgan fingerprint density at radius 2 is 1.93 bits per heavy atom. The molecule has 210 valence electrons. The highest BCUT2D eigenvalue weighted by Crippen LogP contribution is 2.31. The highest BCUT2D eigenvalue weighted by atomic mass is 35.5. The number of aromatic nitrogens is 3. The molecule has 1 aliphatic rings. The molecule has 4 heterocycles. The summed E-state index contributed by atoms with van der Waals surface area (Å²) in [6, 6.07) is 10.7. The van der Waals surface area contributed by atoms with E-state index in [4.69, 9.17) is 21.2 Å². The minimum atomic E-state index is -1.15. The quantitative estimate of drug-likeness (QED) is 0.269. The molecule has 13 heteroatoms. The van der Waals surface area contributed by atoms with E-state index in [2.05, 4.69) is 39.6 Å². The largest absolute Gasteiger partial charge is 0.480 e. The fraction of sp³-hybridized carbons (Fsp3) is 0.370. The third-order valence-corrected chi connectivity index (χ3v) is 8.16. The van der Waals surface area contributed by atoms with E-state index in [1.165, 1.54) is 11.3 Å². The summed E-state index contributed by atoms with van der Waals surface area (Å²) in [4.78, 5) is 40.2. The van der Waals surface area contributed by atoms with Crippen LogP contribution in [0.5, 0.6) is 0 Å². The lowest BCUT2D eigenvalue weighted by molar-refractivity contribution is -0.135. The van der Waals surface area contributed by atoms with E-state index in [1.807, 2.05) is 6.07 Å². The van der Waals surface area contributed by atoms with Gasteiger partial charge in [-0.15, -0.1) is 11.3 Å². The predicted molar refractivity (Wildman–Crippen MR) is 151 cm³/mol. The fourth-order valence-corrected chi connectivity index (χ4v) is 5.77. The molecule has 1 aliphatic heterocycles. The van der Waals surface area contributed by atoms with Crippen LogP contribution in [-0.4, -0.2) is 74.4 Å². The topological polar surface area (TPSA) is 143 Å². The number of nitrogens with one attached hydrogen (secondary N) is 2. The van der Waals surface area contributed by atoms with Crippen LogP contribution in [0.25, 0.3) is 21.5 Å². The molecule has 40 heavy (non-hydrogen) atoms. The number of rotatable bonds is 9. The Hall–Kier alpha value is -3.74. The fourth-order valence-electron chi connectivity index (χ4n) is 4.78. The van der Waals surface area contributed by atoms with Crippen molar-refractivity contribution in [2.45, 2.75) is 45.3 Å². The maximum absolute atomic E-state index is 13.5. The van der Waals surface area contributed by atoms with Crippen LogP contribution >= 0.6 is 22.9 Å². The summed E-state index contributed by atoms with van der Waals surface area (Å²) in [7, 11) is 0. The van der Waals surface area contributed by atoms with E-state index >= 15 is 0 Å². The van der Waals surface area contributed by atoms with Crippen LogP contribution in [0.4, 0.5) is 0 Å². The second-order valence-electron chi connectivity index (χ2n) is 9.98. The molecule has 0 saturated carbocycles. The molecule has 0 aliphatic carbocycles. The zero-order valence-corrected chi connectivity index (χ0v) is 23.6. The Morgan fingerprint density at radius 3 is 2.60 bits per heavy atom. The first-order valence-electron chi connectivity index (χ1n) is 12.9. The van der Waals surface area contributed by atoms with Crippen molar-refractivity contribution in [3.8, 4) is 10.6 Å². The van der Waals surface area contributed by atoms with E-state index < -0.39 is 18.4 Å². The average Bonchev–Trinajstić information content (AvgIpc) is 3.66. The lowest BCUT2D eigenvalue weighted by atomic mass is 10.0. The molecule has 0 bridgehead atoms. The standard InChI is InChI=1S/C27H29ClN6O5S/c1-15(2)33-9-7-17(8-10-33)30-27(38)25-19-11-16(26(37)29-13-24(35)36)3-4-20(19)34(31-25)14-18-12-21(39-32-18)22-5-6-23(28)40-22/h3-6,11-12,15,17H,7-10,13-14H2,1-2H3,(H,29,37)(H,30,38)(H,35,36). The maximum atomic E-state index is 13.5. The molecule has 5 rings (SSSR count). The number of carbonyl (C=O) groups is 3. The average molecular weight is 585 g/mol. The number of hydrogen-bond acceptors (Lipinski definition) is 8. The number of fused-ring (bicyclic) bond motifs is 1. The minimum absolute atomic E-state index is 0.0143. The Bertz CT molecular complexity index is 1550. The lowest BCUT2D eigenvalue weighted by Crippen LogP contribution is -2.46. The Balaban J connectivity index is 1.42. The normalized spacial score (nSPS) is 14.6. The summed E-state index contributed by atoms with van der Waals surface area (Å²) in [5.41, 5.74) is 1.63. The number of carbonyl (C=O) groups excluding carboxylic acids is 2. The molecule has 11 nitrogen and oxygen atoms in total. The molecule has 3 aromatic heterocycles. The third kappa shape index (κ3) is 6.19. The van der Waals surface area contributed by atoms with Gasteiger partial charge in [-0.2, -0.15) is 5.10 Å². The van der Waals surface area contributed by atoms with E-state index in [1.54, 1.807) is 35.0 Å². The van der Waals surface area contributed by atoms with Crippen molar-refractivity contribution in [3.63, 3.8) is 0 Å². The Labute approximate surface area is 239 Å². The van der Waals surface area contributed by atoms with Gasteiger partial charge in [0.15, 0.2) is 11.5 Å². The molecule has 0 unspecified atom stereocenters. The number of aliphatic carboxylic acids is 1. The van der Waals surface area contributed by atoms with Crippen molar-refractivity contribution < 1.29 is 24.0 Å². The van der Waals surface area contributed by atoms with E-state index in [0.717, 1.165) is 30.8 Å². The Kier molecular flexibility index (Phi) is 8.19. The minimum Gasteiger partial charge on any atom is -0.480 e. The predicted octanol–water partition coefficient (Wildman–Crippen LogP) is 3.87. The number of hydrogen-bond donors (Lipinski definition) is 3. The molecular weight excluding hydrogens is 556 g/mol. The van der Waals surface area contributed by atoms with Crippen molar-refractivity contribution in [2.24, 2.45) is 0 Å². The molecule has 2 amide bonds. The molecule has 1 aromatic carbocycles. The number of halogens is 1. The van der Waals surface area contributed by atoms with Gasteiger partial charge in [-0.25, -0.2) is 0 Å². The van der Waals surface area contributed by atoms with Gasteiger partial charge in [0, 0.05) is 42.2 Å². The zero-order chi connectivity index (χ0) is 28.4. The summed E-state index contributed by atoms with van der Waals surface area (Å²) >= 11 is 7.43. The Morgan fingerprint density at radius 1 is 1.15 bits per heavy atom. The van der Waals surface area contributed by atoms with Gasteiger partial charge in [-0.3, -0.25) is 19.1 Å². The lowest BCUT2D eigenvalue weighted by Gasteiger charge is -2.34. The van der Waals surface area contributed by atoms with E-state index in [0.29, 0.717) is 32.7 Å². The molecule has 1 saturated heterocycles. The molecule has 3 N–H and O–H groups in total. The monoisotopic (exact) mass is 584 g/mol. The number of benzene rings is 1. The van der Waals surface area contributed by atoms with Gasteiger partial charge in [-0.1, -0.05) is 16.8 Å². The highest BCUT2D eigenvalue weighted by Gasteiger charge is 2.26. The van der Waals surface area contributed by atoms with Crippen LogP contribution in [0.2, 0.25) is 4.34 Å². The molecule has 0 spiro atoms. The van der Waals surface area contributed by atoms with Crippen molar-refractivity contribution >= 4 is 51.6 Å². The van der Waals surface area contributed by atoms with Gasteiger partial charge >= 0.3 is 5.97 Å². The number of carboxylic acids is 1. The second-order valence-corrected chi connectivity index (χ2v) is 11.7. The number of thiophene rings is 1. The highest BCUT2D eigenvalue weighted by molar-refractivity contribution is 7.19. The SMILES string of the molecule is CC(C)N1CCC(NC(=O)c2nn(Cc3cc(-c4ccc(Cl)s4)on3)c3ccc(C(=O)NCC(=O)O)cc23)CC1. The second kappa shape index (κ2) is 11.8. The van der Waals surface area contributed by atoms with Gasteiger partial charge < -0.3 is 25.2 Å². The van der Waals surface area contributed by atoms with Crippen LogP contribution in [0.3, 0.4) is 0 Å². The molecule has 0 atom stereocenters. The first-order chi connectivity index (χ1) is 19.2. The number of amides is 2. The van der Waals surface area contributed by atoms with Gasteiger partial charge in [0.05, 0.1) is 21.3 Å². The summed E-state index contributed by atoms with van der Waals surface area (Å²) in [6.07, 6.45) is 1.67. The third-order valence-electron chi connectivity index (χ3n) is 6.91. The number of carboxylic acid groups (broad SMARTS) is 1. The number of nitrogens with zero attached hydrogens (tertiary/aromatic N) is 4. The summed E-state index contributed by atoms with van der Waals surface area (Å²) in [5.74, 6) is -1.46. The summed E-state index contributed by atoms with van der Waals surface area (Å²) < 4.78 is 7.79. The molecule has 1 fully saturated rings. The molecule has 0 radical (unpaired) electrons. The first kappa shape index (κ1) is 27.8. The summed E-state index contributed by atoms with van der Waals surface area (Å²) in [6.45, 7) is 5.84. The molecule has 4 aromatic rings. The zero-order valence-electron chi connectivity index (χ0n) is 22.0. The van der Waals surface area contributed by atoms with Crippen LogP contribution in [0.15, 0.2) is 40.9 Å². The van der Waals surface area contributed by atoms with Crippen molar-refractivity contribution in [1.29, 1.82) is 0 Å². The van der Waals surface area contributed by atoms with Crippen molar-refractivity contribution in [1.82, 2.24) is 30.5 Å². The van der Waals surface area contributed by atoms with E-state index in [-0.39, 0.29) is 29.8 Å². The van der Waals surface area contributed by atoms with Gasteiger partial charge in [0.25, 0.3) is 11.8 Å². The first-order valence-corrected chi connectivity index (χ1v) is 14.1. The maximum Gasteiger partial charge on any atom is 0.322 e. The van der Waals surface area contributed by atoms with Crippen LogP contribution in [0, 0.1) is 0 Å². The van der Waals surface area contributed by atoms with Crippen molar-refractivity contribution in [2.75, 3.05) is 19.6 Å². The number of likely N-dealkylation sites (tertiary alicyclic amines) is 1. The van der Waals surface area contributed by atoms with Gasteiger partial charge in [-0.05, 0) is 57.0 Å². The van der Waals surface area contributed by atoms with Gasteiger partial charge in [0.1, 0.15) is 12.2 Å². The summed E-state index contributed by atoms with van der Waals surface area (Å²) in [5, 5.41) is 23.7. The number of piperidine rings is 1. The van der Waals surface area contributed by atoms with Crippen LogP contribution in [-0.2, 0) is 11.3 Å². The van der Waals surface area contributed by atoms with Gasteiger partial charge in [0.2, 0.25) is 0 Å².